The summed E-state index contributed by atoms with van der Waals surface area (Å²) >= 11 is 0. The van der Waals surface area contributed by atoms with Crippen LogP contribution in [0.2, 0.25) is 0 Å². The number of hydrogen-bond donors (Lipinski definition) is 1. The van der Waals surface area contributed by atoms with E-state index in [9.17, 15) is 14.4 Å². The maximum Gasteiger partial charge on any atom is 0.243 e. The van der Waals surface area contributed by atoms with E-state index < -0.39 is 0 Å². The van der Waals surface area contributed by atoms with E-state index in [2.05, 4.69) is 6.07 Å². The first-order valence-corrected chi connectivity index (χ1v) is 11.0. The number of quaternary nitrogens is 1. The Morgan fingerprint density at radius 1 is 1.00 bits per heavy atom. The summed E-state index contributed by atoms with van der Waals surface area (Å²) in [5.41, 5.74) is 1.19. The summed E-state index contributed by atoms with van der Waals surface area (Å²) in [5, 5.41) is 0. The molecule has 0 spiro atoms. The zero-order valence-electron chi connectivity index (χ0n) is 17.1. The van der Waals surface area contributed by atoms with Crippen LogP contribution in [0.4, 0.5) is 0 Å². The highest BCUT2D eigenvalue weighted by Gasteiger charge is 2.48. The molecule has 1 aromatic carbocycles. The van der Waals surface area contributed by atoms with Gasteiger partial charge in [-0.05, 0) is 31.0 Å². The molecule has 2 atom stereocenters. The second-order valence-electron chi connectivity index (χ2n) is 8.76. The van der Waals surface area contributed by atoms with Gasteiger partial charge in [-0.25, -0.2) is 0 Å². The molecule has 8 nitrogen and oxygen atoms in total. The molecule has 160 valence electrons. The van der Waals surface area contributed by atoms with Gasteiger partial charge in [-0.15, -0.1) is 0 Å². The lowest BCUT2D eigenvalue weighted by Gasteiger charge is -2.33. The molecule has 1 aromatic rings. The van der Waals surface area contributed by atoms with E-state index in [4.69, 9.17) is 9.47 Å². The van der Waals surface area contributed by atoms with E-state index in [0.717, 1.165) is 56.8 Å². The van der Waals surface area contributed by atoms with E-state index in [1.54, 1.807) is 4.90 Å². The molecule has 0 radical (unpaired) electrons. The molecule has 3 aliphatic heterocycles. The number of amides is 3. The van der Waals surface area contributed by atoms with Crippen LogP contribution >= 0.6 is 0 Å². The Morgan fingerprint density at radius 2 is 1.67 bits per heavy atom. The molecule has 0 bridgehead atoms. The maximum absolute atomic E-state index is 12.8. The van der Waals surface area contributed by atoms with E-state index in [0.29, 0.717) is 13.1 Å². The van der Waals surface area contributed by atoms with Gasteiger partial charge in [0.2, 0.25) is 24.5 Å². The summed E-state index contributed by atoms with van der Waals surface area (Å²) in [5.74, 6) is 0.813. The highest BCUT2D eigenvalue weighted by atomic mass is 16.7. The average Bonchev–Trinajstić information content (AvgIpc) is 3.33. The Kier molecular flexibility index (Phi) is 5.10. The van der Waals surface area contributed by atoms with Crippen molar-refractivity contribution in [3.63, 3.8) is 0 Å². The first kappa shape index (κ1) is 19.4. The van der Waals surface area contributed by atoms with Crippen molar-refractivity contribution in [2.45, 2.75) is 32.2 Å². The summed E-state index contributed by atoms with van der Waals surface area (Å²) in [6.07, 6.45) is 3.55. The lowest BCUT2D eigenvalue weighted by Crippen LogP contribution is -3.13. The largest absolute Gasteiger partial charge is 0.454 e. The van der Waals surface area contributed by atoms with Crippen LogP contribution in [0.5, 0.6) is 11.5 Å². The van der Waals surface area contributed by atoms with Gasteiger partial charge in [0.25, 0.3) is 0 Å². The van der Waals surface area contributed by atoms with Crippen LogP contribution in [-0.4, -0.2) is 67.0 Å². The van der Waals surface area contributed by atoms with Crippen molar-refractivity contribution >= 4 is 17.7 Å². The van der Waals surface area contributed by atoms with E-state index in [-0.39, 0.29) is 42.9 Å². The number of fused-ring (bicyclic) bond motifs is 2. The lowest BCUT2D eigenvalue weighted by atomic mass is 9.81. The number of piperazine rings is 1. The van der Waals surface area contributed by atoms with Crippen LogP contribution in [-0.2, 0) is 20.9 Å². The third-order valence-electron chi connectivity index (χ3n) is 6.94. The van der Waals surface area contributed by atoms with E-state index >= 15 is 0 Å². The number of rotatable bonds is 4. The number of ether oxygens (including phenoxy) is 2. The number of carbonyl (C=O) groups is 3. The van der Waals surface area contributed by atoms with Gasteiger partial charge in [0, 0.05) is 5.56 Å². The summed E-state index contributed by atoms with van der Waals surface area (Å²) < 4.78 is 10.8. The van der Waals surface area contributed by atoms with Crippen molar-refractivity contribution in [2.75, 3.05) is 39.5 Å². The number of hydrogen-bond acceptors (Lipinski definition) is 5. The summed E-state index contributed by atoms with van der Waals surface area (Å²) in [6.45, 7) is 4.01. The van der Waals surface area contributed by atoms with E-state index in [1.165, 1.54) is 15.4 Å². The molecule has 1 aliphatic carbocycles. The minimum Gasteiger partial charge on any atom is -0.454 e. The standard InChI is InChI=1S/C22H27N3O5/c26-20(13-25-21(27)16-3-1-2-4-17(16)22(25)28)24-9-7-23(8-10-24)12-15-5-6-18-19(11-15)30-14-29-18/h5-6,11,16-17H,1-4,7-10,12-14H2/p+1/t16-,17-/m1/s1. The van der Waals surface area contributed by atoms with Gasteiger partial charge in [-0.1, -0.05) is 12.8 Å². The van der Waals surface area contributed by atoms with Crippen LogP contribution < -0.4 is 14.4 Å². The quantitative estimate of drug-likeness (QED) is 0.692. The van der Waals surface area contributed by atoms with Crippen molar-refractivity contribution in [3.8, 4) is 11.5 Å². The van der Waals surface area contributed by atoms with Crippen LogP contribution in [0.25, 0.3) is 0 Å². The monoisotopic (exact) mass is 414 g/mol. The van der Waals surface area contributed by atoms with Crippen LogP contribution in [0.15, 0.2) is 18.2 Å². The minimum absolute atomic E-state index is 0.0951. The zero-order valence-corrected chi connectivity index (χ0v) is 17.1. The van der Waals surface area contributed by atoms with Gasteiger partial charge >= 0.3 is 0 Å². The SMILES string of the molecule is O=C(CN1C(=O)[C@@H]2CCCC[C@H]2C1=O)N1CC[NH+](Cc2ccc3c(c2)OCO3)CC1. The third-order valence-corrected chi connectivity index (χ3v) is 6.94. The molecule has 8 heteroatoms. The predicted molar refractivity (Wildman–Crippen MR) is 106 cm³/mol. The maximum atomic E-state index is 12.8. The molecule has 1 saturated carbocycles. The predicted octanol–water partition coefficient (Wildman–Crippen LogP) is -0.182. The smallest absolute Gasteiger partial charge is 0.243 e. The fraction of sp³-hybridized carbons (Fsp3) is 0.591. The number of carbonyl (C=O) groups excluding carboxylic acids is 3. The van der Waals surface area contributed by atoms with Crippen LogP contribution in [0.1, 0.15) is 31.2 Å². The van der Waals surface area contributed by atoms with Gasteiger partial charge < -0.3 is 19.3 Å². The first-order chi connectivity index (χ1) is 14.6. The number of imide groups is 1. The molecule has 4 aliphatic rings. The highest BCUT2D eigenvalue weighted by molar-refractivity contribution is 6.07. The fourth-order valence-corrected chi connectivity index (χ4v) is 5.21. The van der Waals surface area contributed by atoms with Crippen molar-refractivity contribution < 1.29 is 28.8 Å². The molecule has 1 N–H and O–H groups in total. The molecule has 0 aromatic heterocycles. The highest BCUT2D eigenvalue weighted by Crippen LogP contribution is 2.38. The number of nitrogens with one attached hydrogen (secondary N) is 1. The molecular formula is C22H28N3O5+. The molecule has 3 fully saturated rings. The van der Waals surface area contributed by atoms with E-state index in [1.807, 2.05) is 12.1 Å². The number of nitrogens with zero attached hydrogens (tertiary/aromatic N) is 2. The fourth-order valence-electron chi connectivity index (χ4n) is 5.21. The Hall–Kier alpha value is -2.61. The number of benzene rings is 1. The third kappa shape index (κ3) is 3.53. The first-order valence-electron chi connectivity index (χ1n) is 11.0. The van der Waals surface area contributed by atoms with Gasteiger partial charge in [0.1, 0.15) is 13.1 Å². The van der Waals surface area contributed by atoms with Gasteiger partial charge in [0.15, 0.2) is 11.5 Å². The molecule has 0 unspecified atom stereocenters. The topological polar surface area (TPSA) is 80.6 Å². The van der Waals surface area contributed by atoms with Gasteiger partial charge in [0.05, 0.1) is 38.0 Å². The summed E-state index contributed by atoms with van der Waals surface area (Å²) in [6, 6.07) is 6.03. The van der Waals surface area contributed by atoms with Crippen molar-refractivity contribution in [3.05, 3.63) is 23.8 Å². The Bertz CT molecular complexity index is 840. The minimum atomic E-state index is -0.193. The molecular weight excluding hydrogens is 386 g/mol. The second-order valence-corrected chi connectivity index (χ2v) is 8.76. The summed E-state index contributed by atoms with van der Waals surface area (Å²) in [7, 11) is 0. The Balaban J connectivity index is 1.13. The number of likely N-dealkylation sites (tertiary alicyclic amines) is 1. The Labute approximate surface area is 175 Å². The average molecular weight is 414 g/mol. The molecule has 2 saturated heterocycles. The molecule has 3 amide bonds. The molecule has 5 rings (SSSR count). The normalized spacial score (nSPS) is 26.3. The summed E-state index contributed by atoms with van der Waals surface area (Å²) in [4.78, 5) is 42.4. The second kappa shape index (κ2) is 7.91. The molecule has 3 heterocycles. The lowest BCUT2D eigenvalue weighted by molar-refractivity contribution is -0.917. The van der Waals surface area contributed by atoms with Crippen molar-refractivity contribution in [1.82, 2.24) is 9.80 Å². The van der Waals surface area contributed by atoms with Crippen LogP contribution in [0.3, 0.4) is 0 Å². The Morgan fingerprint density at radius 3 is 2.37 bits per heavy atom. The van der Waals surface area contributed by atoms with Crippen LogP contribution in [0, 0.1) is 11.8 Å². The van der Waals surface area contributed by atoms with Crippen molar-refractivity contribution in [2.24, 2.45) is 11.8 Å². The van der Waals surface area contributed by atoms with Gasteiger partial charge in [-0.2, -0.15) is 0 Å². The molecule has 30 heavy (non-hydrogen) atoms. The van der Waals surface area contributed by atoms with Crippen molar-refractivity contribution in [1.29, 1.82) is 0 Å². The zero-order chi connectivity index (χ0) is 20.7. The van der Waals surface area contributed by atoms with Gasteiger partial charge in [-0.3, -0.25) is 19.3 Å².